The fourth-order valence-corrected chi connectivity index (χ4v) is 0.0680. The SMILES string of the molecule is C=COC=C.FC(Cl)C(F)(F)F. The second-order valence-corrected chi connectivity index (χ2v) is 1.69. The van der Waals surface area contributed by atoms with Crippen molar-refractivity contribution in [3.63, 3.8) is 0 Å². The smallest absolute Gasteiger partial charge is 0.433 e. The summed E-state index contributed by atoms with van der Waals surface area (Å²) in [5.41, 5.74) is -3.23. The molecule has 0 spiro atoms. The molecule has 0 aliphatic heterocycles. The van der Waals surface area contributed by atoms with Crippen molar-refractivity contribution >= 4 is 11.6 Å². The minimum atomic E-state index is -4.90. The first-order chi connectivity index (χ1) is 5.36. The lowest BCUT2D eigenvalue weighted by atomic mass is 10.7. The summed E-state index contributed by atoms with van der Waals surface area (Å²) in [5, 5.41) is 0. The van der Waals surface area contributed by atoms with Gasteiger partial charge in [-0.3, -0.25) is 0 Å². The topological polar surface area (TPSA) is 9.23 Å². The molecule has 0 N–H and O–H groups in total. The Hall–Kier alpha value is -0.710. The average molecular weight is 207 g/mol. The van der Waals surface area contributed by atoms with E-state index in [4.69, 9.17) is 0 Å². The van der Waals surface area contributed by atoms with Crippen molar-refractivity contribution in [1.29, 1.82) is 0 Å². The summed E-state index contributed by atoms with van der Waals surface area (Å²) in [4.78, 5) is 0. The molecule has 0 aliphatic carbocycles. The van der Waals surface area contributed by atoms with E-state index in [1.165, 1.54) is 12.5 Å². The number of halogens is 5. The second kappa shape index (κ2) is 6.97. The first kappa shape index (κ1) is 13.9. The molecule has 0 fully saturated rings. The summed E-state index contributed by atoms with van der Waals surface area (Å²) in [6, 6.07) is 0. The molecule has 0 saturated heterocycles. The van der Waals surface area contributed by atoms with Crippen LogP contribution in [-0.2, 0) is 4.74 Å². The fourth-order valence-electron chi connectivity index (χ4n) is 0.0680. The van der Waals surface area contributed by atoms with E-state index < -0.39 is 11.8 Å². The van der Waals surface area contributed by atoms with Crippen LogP contribution in [0.1, 0.15) is 0 Å². The van der Waals surface area contributed by atoms with Crippen molar-refractivity contribution in [3.8, 4) is 0 Å². The molecular weight excluding hydrogens is 200 g/mol. The Morgan fingerprint density at radius 1 is 1.25 bits per heavy atom. The van der Waals surface area contributed by atoms with Gasteiger partial charge in [-0.2, -0.15) is 13.2 Å². The van der Waals surface area contributed by atoms with Crippen LogP contribution in [0.3, 0.4) is 0 Å². The molecule has 72 valence electrons. The van der Waals surface area contributed by atoms with Crippen LogP contribution in [0.2, 0.25) is 0 Å². The van der Waals surface area contributed by atoms with Gasteiger partial charge in [0.2, 0.25) is 0 Å². The summed E-state index contributed by atoms with van der Waals surface area (Å²) in [5.74, 6) is 0. The zero-order valence-electron chi connectivity index (χ0n) is 5.94. The largest absolute Gasteiger partial charge is 0.474 e. The third kappa shape index (κ3) is 12.0. The van der Waals surface area contributed by atoms with Crippen molar-refractivity contribution in [3.05, 3.63) is 25.7 Å². The van der Waals surface area contributed by atoms with E-state index in [9.17, 15) is 17.6 Å². The molecular formula is C6H7ClF4O. The third-order valence-corrected chi connectivity index (χ3v) is 0.687. The molecule has 0 aromatic carbocycles. The fraction of sp³-hybridized carbons (Fsp3) is 0.333. The van der Waals surface area contributed by atoms with Crippen LogP contribution in [0.4, 0.5) is 17.6 Å². The van der Waals surface area contributed by atoms with Gasteiger partial charge in [0.1, 0.15) is 0 Å². The van der Waals surface area contributed by atoms with Gasteiger partial charge in [0.25, 0.3) is 5.63 Å². The average Bonchev–Trinajstić information content (AvgIpc) is 1.88. The van der Waals surface area contributed by atoms with Crippen molar-refractivity contribution in [2.24, 2.45) is 0 Å². The predicted octanol–water partition coefficient (Wildman–Crippen LogP) is 3.37. The van der Waals surface area contributed by atoms with Crippen LogP contribution >= 0.6 is 11.6 Å². The van der Waals surface area contributed by atoms with E-state index in [-0.39, 0.29) is 0 Å². The number of rotatable bonds is 2. The minimum absolute atomic E-state index is 1.31. The Bertz CT molecular complexity index is 126. The summed E-state index contributed by atoms with van der Waals surface area (Å²) in [7, 11) is 0. The molecule has 0 radical (unpaired) electrons. The number of hydrogen-bond acceptors (Lipinski definition) is 1. The number of alkyl halides is 5. The van der Waals surface area contributed by atoms with Crippen LogP contribution in [0.25, 0.3) is 0 Å². The standard InChI is InChI=1S/C4H6O.C2HClF4/c1-3-5-4-2;3-1(4)2(5,6)7/h3-4H,1-2H2;1H. The summed E-state index contributed by atoms with van der Waals surface area (Å²) < 4.78 is 47.2. The molecule has 0 aliphatic rings. The minimum Gasteiger partial charge on any atom is -0.474 e. The van der Waals surface area contributed by atoms with Crippen LogP contribution in [0.5, 0.6) is 0 Å². The number of ether oxygens (including phenoxy) is 1. The van der Waals surface area contributed by atoms with Crippen LogP contribution in [0.15, 0.2) is 25.7 Å². The highest BCUT2D eigenvalue weighted by Crippen LogP contribution is 2.24. The molecule has 0 aromatic rings. The van der Waals surface area contributed by atoms with Crippen LogP contribution < -0.4 is 0 Å². The second-order valence-electron chi connectivity index (χ2n) is 1.31. The van der Waals surface area contributed by atoms with E-state index in [1.54, 1.807) is 0 Å². The molecule has 6 heteroatoms. The maximum Gasteiger partial charge on any atom is 0.433 e. The molecule has 0 aromatic heterocycles. The Morgan fingerprint density at radius 3 is 1.50 bits per heavy atom. The Labute approximate surface area is 72.3 Å². The maximum atomic E-state index is 10.8. The summed E-state index contributed by atoms with van der Waals surface area (Å²) in [6.07, 6.45) is -2.28. The van der Waals surface area contributed by atoms with Crippen molar-refractivity contribution in [2.45, 2.75) is 11.8 Å². The lowest BCUT2D eigenvalue weighted by Crippen LogP contribution is -2.17. The first-order valence-electron chi connectivity index (χ1n) is 2.58. The van der Waals surface area contributed by atoms with Gasteiger partial charge in [-0.1, -0.05) is 24.8 Å². The van der Waals surface area contributed by atoms with Gasteiger partial charge in [-0.05, 0) is 0 Å². The Morgan fingerprint density at radius 2 is 1.50 bits per heavy atom. The molecule has 12 heavy (non-hydrogen) atoms. The van der Waals surface area contributed by atoms with Crippen molar-refractivity contribution in [2.75, 3.05) is 0 Å². The highest BCUT2D eigenvalue weighted by molar-refractivity contribution is 6.20. The predicted molar refractivity (Wildman–Crippen MR) is 38.3 cm³/mol. The lowest BCUT2D eigenvalue weighted by molar-refractivity contribution is -0.156. The monoisotopic (exact) mass is 206 g/mol. The zero-order valence-corrected chi connectivity index (χ0v) is 6.70. The molecule has 0 bridgehead atoms. The third-order valence-electron chi connectivity index (χ3n) is 0.440. The van der Waals surface area contributed by atoms with E-state index in [0.29, 0.717) is 0 Å². The van der Waals surface area contributed by atoms with Gasteiger partial charge in [0.15, 0.2) is 0 Å². The first-order valence-corrected chi connectivity index (χ1v) is 3.02. The van der Waals surface area contributed by atoms with E-state index in [0.717, 1.165) is 0 Å². The van der Waals surface area contributed by atoms with E-state index >= 15 is 0 Å². The quantitative estimate of drug-likeness (QED) is 0.382. The molecule has 1 atom stereocenters. The van der Waals surface area contributed by atoms with Gasteiger partial charge in [-0.15, -0.1) is 0 Å². The van der Waals surface area contributed by atoms with Gasteiger partial charge in [-0.25, -0.2) is 4.39 Å². The molecule has 0 saturated carbocycles. The maximum absolute atomic E-state index is 10.8. The molecule has 1 unspecified atom stereocenters. The van der Waals surface area contributed by atoms with Crippen LogP contribution in [0, 0.1) is 0 Å². The highest BCUT2D eigenvalue weighted by atomic mass is 35.5. The van der Waals surface area contributed by atoms with Gasteiger partial charge >= 0.3 is 6.18 Å². The molecule has 1 nitrogen and oxygen atoms in total. The Kier molecular flexibility index (Phi) is 8.04. The van der Waals surface area contributed by atoms with Gasteiger partial charge < -0.3 is 4.74 Å². The van der Waals surface area contributed by atoms with Crippen molar-refractivity contribution in [1.82, 2.24) is 0 Å². The molecule has 0 amide bonds. The normalized spacial score (nSPS) is 12.1. The lowest BCUT2D eigenvalue weighted by Gasteiger charge is -2.01. The Balaban J connectivity index is 0. The van der Waals surface area contributed by atoms with Gasteiger partial charge in [0.05, 0.1) is 12.5 Å². The highest BCUT2D eigenvalue weighted by Gasteiger charge is 2.38. The summed E-state index contributed by atoms with van der Waals surface area (Å²) in [6.45, 7) is 6.51. The number of hydrogen-bond donors (Lipinski definition) is 0. The van der Waals surface area contributed by atoms with E-state index in [2.05, 4.69) is 29.5 Å². The van der Waals surface area contributed by atoms with Gasteiger partial charge in [0, 0.05) is 0 Å². The zero-order chi connectivity index (χ0) is 10.2. The van der Waals surface area contributed by atoms with E-state index in [1.807, 2.05) is 0 Å². The summed E-state index contributed by atoms with van der Waals surface area (Å²) >= 11 is 3.96. The molecule has 0 heterocycles. The van der Waals surface area contributed by atoms with Crippen LogP contribution in [-0.4, -0.2) is 11.8 Å². The molecule has 0 rings (SSSR count). The van der Waals surface area contributed by atoms with Crippen molar-refractivity contribution < 1.29 is 22.3 Å².